The van der Waals surface area contributed by atoms with E-state index < -0.39 is 0 Å². The van der Waals surface area contributed by atoms with Gasteiger partial charge in [0.25, 0.3) is 0 Å². The van der Waals surface area contributed by atoms with Crippen molar-refractivity contribution in [1.82, 2.24) is 0 Å². The van der Waals surface area contributed by atoms with Crippen LogP contribution in [0.5, 0.6) is 0 Å². The highest BCUT2D eigenvalue weighted by Gasteiger charge is 2.06. The Morgan fingerprint density at radius 1 is 0.139 bits per heavy atom. The average Bonchev–Trinajstić information content (AvgIpc) is 3.36. The van der Waals surface area contributed by atoms with Gasteiger partial charge in [0.2, 0.25) is 0 Å². The second-order valence-corrected chi connectivity index (χ2v) is 23.7. The molecule has 0 saturated heterocycles. The molecule has 8 heteroatoms. The van der Waals surface area contributed by atoms with Gasteiger partial charge in [-0.1, -0.05) is 322 Å². The van der Waals surface area contributed by atoms with Gasteiger partial charge in [0, 0.05) is 35.8 Å². The number of halogens is 8. The van der Waals surface area contributed by atoms with Gasteiger partial charge in [-0.3, -0.25) is 0 Å². The van der Waals surface area contributed by atoms with Crippen LogP contribution in [0.3, 0.4) is 0 Å². The molecule has 20 aliphatic rings. The Labute approximate surface area is 489 Å². The summed E-state index contributed by atoms with van der Waals surface area (Å²) in [6.07, 6.45) is 34.1. The fraction of sp³-hybridized carbons (Fsp3) is 0. The zero-order valence-corrected chi connectivity index (χ0v) is 50.8. The summed E-state index contributed by atoms with van der Waals surface area (Å²) in [5.74, 6) is 0. The molecule has 16 bridgehead atoms. The molecular formula is C64H40Br8. The Bertz CT molecular complexity index is 2910. The van der Waals surface area contributed by atoms with Crippen molar-refractivity contribution < 1.29 is 0 Å². The predicted molar refractivity (Wildman–Crippen MR) is 345 cm³/mol. The van der Waals surface area contributed by atoms with Gasteiger partial charge in [0.1, 0.15) is 0 Å². The summed E-state index contributed by atoms with van der Waals surface area (Å²) in [4.78, 5) is 0. The first kappa shape index (κ1) is 52.4. The van der Waals surface area contributed by atoms with Crippen LogP contribution in [-0.2, 0) is 0 Å². The molecule has 0 N–H and O–H groups in total. The van der Waals surface area contributed by atoms with Crippen LogP contribution in [-0.4, -0.2) is 0 Å². The molecule has 0 saturated carbocycles. The Hall–Kier alpha value is -4.48. The highest BCUT2D eigenvalue weighted by atomic mass is 79.9. The molecule has 0 atom stereocenters. The molecule has 72 heavy (non-hydrogen) atoms. The van der Waals surface area contributed by atoms with Crippen molar-refractivity contribution in [3.05, 3.63) is 270 Å². The molecule has 0 nitrogen and oxygen atoms in total. The van der Waals surface area contributed by atoms with Crippen LogP contribution in [0.25, 0.3) is 97.2 Å². The van der Waals surface area contributed by atoms with E-state index in [0.717, 1.165) is 125 Å². The lowest BCUT2D eigenvalue weighted by Gasteiger charge is -2.05. The number of hydrogen-bond donors (Lipinski definition) is 0. The summed E-state index contributed by atoms with van der Waals surface area (Å²) >= 11 is 29.9. The maximum absolute atomic E-state index is 3.74. The molecule has 0 unspecified atom stereocenters. The summed E-state index contributed by atoms with van der Waals surface area (Å²) in [6, 6.07) is 51.3. The van der Waals surface area contributed by atoms with Gasteiger partial charge in [0.15, 0.2) is 0 Å². The highest BCUT2D eigenvalue weighted by molar-refractivity contribution is 9.11. The summed E-state index contributed by atoms with van der Waals surface area (Å²) in [5, 5.41) is 0. The van der Waals surface area contributed by atoms with E-state index in [1.54, 1.807) is 0 Å². The van der Waals surface area contributed by atoms with E-state index in [4.69, 9.17) is 0 Å². The highest BCUT2D eigenvalue weighted by Crippen LogP contribution is 2.31. The fourth-order valence-corrected chi connectivity index (χ4v) is 12.0. The molecule has 0 spiro atoms. The van der Waals surface area contributed by atoms with Gasteiger partial charge in [0.05, 0.1) is 0 Å². The lowest BCUT2D eigenvalue weighted by Crippen LogP contribution is -1.83. The van der Waals surface area contributed by atoms with E-state index in [9.17, 15) is 0 Å². The van der Waals surface area contributed by atoms with Gasteiger partial charge in [-0.15, -0.1) is 0 Å². The van der Waals surface area contributed by atoms with Crippen LogP contribution in [0.15, 0.2) is 181 Å². The Kier molecular flexibility index (Phi) is 18.0. The maximum Gasteiger partial charge on any atom is 0.0253 e. The Balaban J connectivity index is 0.000000178. The predicted octanol–water partition coefficient (Wildman–Crippen LogP) is 23.5. The fourth-order valence-electron chi connectivity index (χ4n) is 7.75. The van der Waals surface area contributed by atoms with Crippen LogP contribution < -0.4 is 0 Å². The van der Waals surface area contributed by atoms with E-state index in [1.165, 1.54) is 0 Å². The molecule has 20 aliphatic carbocycles. The van der Waals surface area contributed by atoms with Crippen molar-refractivity contribution in [2.45, 2.75) is 0 Å². The van der Waals surface area contributed by atoms with Crippen molar-refractivity contribution in [2.75, 3.05) is 0 Å². The van der Waals surface area contributed by atoms with E-state index in [2.05, 4.69) is 370 Å². The summed E-state index contributed by atoms with van der Waals surface area (Å²) < 4.78 is 8.48. The molecule has 0 fully saturated rings. The lowest BCUT2D eigenvalue weighted by atomic mass is 10.0. The van der Waals surface area contributed by atoms with E-state index in [0.29, 0.717) is 0 Å². The van der Waals surface area contributed by atoms with E-state index >= 15 is 0 Å². The third-order valence-electron chi connectivity index (χ3n) is 11.8. The Morgan fingerprint density at radius 2 is 0.250 bits per heavy atom. The van der Waals surface area contributed by atoms with Crippen molar-refractivity contribution in [1.29, 1.82) is 0 Å². The molecular weight excluding hydrogens is 1410 g/mol. The Morgan fingerprint density at radius 3 is 0.347 bits per heavy atom. The topological polar surface area (TPSA) is 0 Å². The number of hydrogen-bond acceptors (Lipinski definition) is 0. The van der Waals surface area contributed by atoms with E-state index in [1.807, 2.05) is 0 Å². The third-order valence-corrected chi connectivity index (χ3v) is 17.3. The summed E-state index contributed by atoms with van der Waals surface area (Å²) in [5.41, 5.74) is 18.1. The van der Waals surface area contributed by atoms with Crippen LogP contribution in [0.1, 0.15) is 89.0 Å². The second-order valence-electron chi connectivity index (χ2n) is 16.9. The average molecular weight is 1450 g/mol. The van der Waals surface area contributed by atoms with Gasteiger partial charge in [-0.25, -0.2) is 0 Å². The number of rotatable bonds is 0. The second kappa shape index (κ2) is 24.7. The monoisotopic (exact) mass is 1440 g/mol. The molecule has 8 aromatic carbocycles. The number of benzene rings is 8. The maximum atomic E-state index is 3.74. The molecule has 0 heterocycles. The largest absolute Gasteiger partial charge is 0.0543 e. The summed E-state index contributed by atoms with van der Waals surface area (Å²) in [6.45, 7) is 0. The minimum absolute atomic E-state index is 1.06. The standard InChI is InChI=1S/2C32H20Br4/c2*33-29-17-21-1-9-25(29)14-6-22-3-11-27(31(35)18-22)16-8-24-4-12-28(32(36)20-24)15-7-23-2-10-26(13-5-21)30(34)19-23/h2*1-20H/b2*13-5-,14-6-,15-7-,16-8-,21-5?,22-6?,23-7?,24-8?,25-14?,26-13?,27-16?,28-15?. The van der Waals surface area contributed by atoms with Crippen LogP contribution in [0.4, 0.5) is 0 Å². The lowest BCUT2D eigenvalue weighted by molar-refractivity contribution is 1.54. The van der Waals surface area contributed by atoms with Gasteiger partial charge >= 0.3 is 0 Å². The molecule has 0 amide bonds. The molecule has 0 radical (unpaired) electrons. The van der Waals surface area contributed by atoms with Crippen LogP contribution in [0.2, 0.25) is 0 Å². The zero-order valence-electron chi connectivity index (χ0n) is 38.1. The first-order valence-electron chi connectivity index (χ1n) is 22.7. The summed E-state index contributed by atoms with van der Waals surface area (Å²) in [7, 11) is 0. The molecule has 28 rings (SSSR count). The van der Waals surface area contributed by atoms with Crippen LogP contribution >= 0.6 is 127 Å². The minimum atomic E-state index is 1.06. The molecule has 0 aromatic heterocycles. The van der Waals surface area contributed by atoms with Crippen molar-refractivity contribution >= 4 is 225 Å². The molecule has 352 valence electrons. The van der Waals surface area contributed by atoms with Gasteiger partial charge < -0.3 is 0 Å². The van der Waals surface area contributed by atoms with Crippen molar-refractivity contribution in [3.8, 4) is 0 Å². The van der Waals surface area contributed by atoms with Gasteiger partial charge in [-0.05, 0) is 138 Å². The zero-order chi connectivity index (χ0) is 50.1. The normalized spacial score (nSPS) is 16.1. The molecule has 8 aromatic rings. The smallest absolute Gasteiger partial charge is 0.0253 e. The first-order valence-corrected chi connectivity index (χ1v) is 29.0. The minimum Gasteiger partial charge on any atom is -0.0543 e. The first-order chi connectivity index (χ1) is 34.9. The molecule has 0 aliphatic heterocycles. The SMILES string of the molecule is Brc1cc2ccc1/C=C\c1ccc(c(Br)c1)/C=C\c1ccc(c(Br)c1)/C=C\c1ccc(c(Br)c1)/C=C\2.Brc1cc2ccc1/C=C\c1ccc(c(Br)c1)/C=C\c1ccc(c(Br)c1)/C=C\c1ccc(c(Br)c1)/C=C\2. The third kappa shape index (κ3) is 14.0. The van der Waals surface area contributed by atoms with Gasteiger partial charge in [-0.2, -0.15) is 0 Å². The van der Waals surface area contributed by atoms with Crippen molar-refractivity contribution in [3.63, 3.8) is 0 Å². The van der Waals surface area contributed by atoms with Crippen LogP contribution in [0, 0.1) is 0 Å². The van der Waals surface area contributed by atoms with Crippen molar-refractivity contribution in [2.24, 2.45) is 0 Å². The van der Waals surface area contributed by atoms with E-state index in [-0.39, 0.29) is 0 Å². The quantitative estimate of drug-likeness (QED) is 0.142.